The van der Waals surface area contributed by atoms with Gasteiger partial charge in [-0.05, 0) is 35.7 Å². The number of aliphatic hydroxyl groups excluding tert-OH is 1. The van der Waals surface area contributed by atoms with Gasteiger partial charge in [-0.25, -0.2) is 4.79 Å². The fourth-order valence-corrected chi connectivity index (χ4v) is 4.65. The van der Waals surface area contributed by atoms with Crippen LogP contribution in [0.25, 0.3) is 33.2 Å². The Morgan fingerprint density at radius 3 is 2.65 bits per heavy atom. The van der Waals surface area contributed by atoms with Gasteiger partial charge in [0.05, 0.1) is 24.4 Å². The summed E-state index contributed by atoms with van der Waals surface area (Å²) in [4.78, 5) is 31.1. The number of fused-ring (bicyclic) bond motifs is 2. The summed E-state index contributed by atoms with van der Waals surface area (Å²) in [6.07, 6.45) is 1.76. The lowest BCUT2D eigenvalue weighted by Gasteiger charge is -2.12. The minimum Gasteiger partial charge on any atom is -0.491 e. The predicted octanol–water partition coefficient (Wildman–Crippen LogP) is 3.19. The van der Waals surface area contributed by atoms with Crippen molar-refractivity contribution in [3.8, 4) is 17.0 Å². The molecule has 0 aliphatic heterocycles. The van der Waals surface area contributed by atoms with Crippen LogP contribution in [0.5, 0.6) is 5.75 Å². The van der Waals surface area contributed by atoms with Gasteiger partial charge in [-0.3, -0.25) is 23.6 Å². The van der Waals surface area contributed by atoms with E-state index in [-0.39, 0.29) is 19.1 Å². The average Bonchev–Trinajstić information content (AvgIpc) is 3.28. The van der Waals surface area contributed by atoms with Gasteiger partial charge < -0.3 is 9.84 Å². The molecule has 2 aromatic carbocycles. The number of aromatic nitrogens is 5. The highest BCUT2D eigenvalue weighted by molar-refractivity contribution is 5.91. The molecule has 9 heteroatoms. The second kappa shape index (κ2) is 10.0. The molecule has 0 unspecified atom stereocenters. The zero-order valence-electron chi connectivity index (χ0n) is 21.1. The Kier molecular flexibility index (Phi) is 6.62. The molecule has 0 saturated heterocycles. The lowest BCUT2D eigenvalue weighted by Crippen LogP contribution is -2.38. The van der Waals surface area contributed by atoms with E-state index in [2.05, 4.69) is 4.98 Å². The highest BCUT2D eigenvalue weighted by Crippen LogP contribution is 2.30. The van der Waals surface area contributed by atoms with Gasteiger partial charge in [0.2, 0.25) is 0 Å². The molecule has 0 aliphatic rings. The molecule has 0 fully saturated rings. The van der Waals surface area contributed by atoms with Crippen LogP contribution >= 0.6 is 0 Å². The number of benzene rings is 2. The summed E-state index contributed by atoms with van der Waals surface area (Å²) in [6.45, 7) is 4.88. The van der Waals surface area contributed by atoms with Crippen LogP contribution in [0.4, 0.5) is 0 Å². The molecule has 0 spiro atoms. The third-order valence-electron chi connectivity index (χ3n) is 6.30. The Balaban J connectivity index is 1.81. The third-order valence-corrected chi connectivity index (χ3v) is 6.30. The van der Waals surface area contributed by atoms with Crippen LogP contribution in [-0.4, -0.2) is 42.2 Å². The Hall–Kier alpha value is -4.24. The third kappa shape index (κ3) is 4.53. The van der Waals surface area contributed by atoms with E-state index in [1.54, 1.807) is 21.5 Å². The minimum absolute atomic E-state index is 0.109. The van der Waals surface area contributed by atoms with Crippen molar-refractivity contribution in [3.63, 3.8) is 0 Å². The van der Waals surface area contributed by atoms with E-state index in [1.165, 1.54) is 7.05 Å². The van der Waals surface area contributed by atoms with E-state index >= 15 is 0 Å². The van der Waals surface area contributed by atoms with Gasteiger partial charge in [0.1, 0.15) is 17.7 Å². The lowest BCUT2D eigenvalue weighted by molar-refractivity contribution is 0.201. The Bertz CT molecular complexity index is 1710. The van der Waals surface area contributed by atoms with Crippen LogP contribution < -0.4 is 16.0 Å². The average molecular weight is 500 g/mol. The normalized spacial score (nSPS) is 11.6. The standard InChI is InChI=1S/C28H29N5O4/c1-18(2)16-32-26-24(27(35)31(3)28(32)36)25(19-7-6-8-21(15-19)37-14-13-34)33(30-26)17-20-11-12-29-23-10-5-4-9-22(20)23/h4-12,15,18,34H,13-14,16-17H2,1-3H3. The maximum Gasteiger partial charge on any atom is 0.332 e. The number of nitrogens with zero attached hydrogens (tertiary/aromatic N) is 5. The first-order valence-electron chi connectivity index (χ1n) is 12.3. The maximum atomic E-state index is 13.5. The molecule has 190 valence electrons. The topological polar surface area (TPSA) is 104 Å². The van der Waals surface area contributed by atoms with E-state index in [9.17, 15) is 14.7 Å². The van der Waals surface area contributed by atoms with Crippen molar-refractivity contribution in [2.75, 3.05) is 13.2 Å². The maximum absolute atomic E-state index is 13.5. The molecule has 5 rings (SSSR count). The minimum atomic E-state index is -0.400. The molecule has 0 bridgehead atoms. The number of para-hydroxylation sites is 1. The zero-order chi connectivity index (χ0) is 26.1. The van der Waals surface area contributed by atoms with Gasteiger partial charge in [0.25, 0.3) is 5.56 Å². The number of rotatable bonds is 8. The summed E-state index contributed by atoms with van der Waals surface area (Å²) in [7, 11) is 1.50. The monoisotopic (exact) mass is 499 g/mol. The number of hydrogen-bond acceptors (Lipinski definition) is 6. The summed E-state index contributed by atoms with van der Waals surface area (Å²) in [5.74, 6) is 0.737. The van der Waals surface area contributed by atoms with Crippen LogP contribution in [-0.2, 0) is 20.1 Å². The predicted molar refractivity (Wildman–Crippen MR) is 143 cm³/mol. The molecule has 1 N–H and O–H groups in total. The van der Waals surface area contributed by atoms with Crippen LogP contribution in [0.2, 0.25) is 0 Å². The van der Waals surface area contributed by atoms with Crippen molar-refractivity contribution in [2.45, 2.75) is 26.9 Å². The Labute approximate surface area is 213 Å². The fraction of sp³-hybridized carbons (Fsp3) is 0.286. The van der Waals surface area contributed by atoms with Crippen molar-refractivity contribution in [2.24, 2.45) is 13.0 Å². The van der Waals surface area contributed by atoms with Gasteiger partial charge in [0, 0.05) is 30.7 Å². The van der Waals surface area contributed by atoms with Crippen molar-refractivity contribution < 1.29 is 9.84 Å². The molecule has 0 saturated carbocycles. The van der Waals surface area contributed by atoms with Crippen LogP contribution in [0.3, 0.4) is 0 Å². The molecule has 3 aromatic heterocycles. The summed E-state index contributed by atoms with van der Waals surface area (Å²) in [5, 5.41) is 15.4. The highest BCUT2D eigenvalue weighted by Gasteiger charge is 2.23. The van der Waals surface area contributed by atoms with Gasteiger partial charge >= 0.3 is 5.69 Å². The van der Waals surface area contributed by atoms with E-state index in [0.717, 1.165) is 26.6 Å². The van der Waals surface area contributed by atoms with Crippen LogP contribution in [0, 0.1) is 5.92 Å². The lowest BCUT2D eigenvalue weighted by atomic mass is 10.1. The molecular weight excluding hydrogens is 470 g/mol. The summed E-state index contributed by atoms with van der Waals surface area (Å²) in [5.41, 5.74) is 2.75. The second-order valence-corrected chi connectivity index (χ2v) is 9.44. The number of hydrogen-bond donors (Lipinski definition) is 1. The molecule has 0 radical (unpaired) electrons. The number of ether oxygens (including phenoxy) is 1. The second-order valence-electron chi connectivity index (χ2n) is 9.44. The summed E-state index contributed by atoms with van der Waals surface area (Å²) < 4.78 is 10.2. The van der Waals surface area contributed by atoms with Crippen molar-refractivity contribution >= 4 is 21.9 Å². The number of aliphatic hydroxyl groups is 1. The van der Waals surface area contributed by atoms with E-state index < -0.39 is 11.2 Å². The first-order chi connectivity index (χ1) is 17.9. The largest absolute Gasteiger partial charge is 0.491 e. The summed E-state index contributed by atoms with van der Waals surface area (Å²) >= 11 is 0. The quantitative estimate of drug-likeness (QED) is 0.352. The van der Waals surface area contributed by atoms with Gasteiger partial charge in [-0.1, -0.05) is 44.2 Å². The fourth-order valence-electron chi connectivity index (χ4n) is 4.65. The van der Waals surface area contributed by atoms with Crippen molar-refractivity contribution in [1.82, 2.24) is 23.9 Å². The molecule has 0 amide bonds. The van der Waals surface area contributed by atoms with Gasteiger partial charge in [-0.15, -0.1) is 0 Å². The molecule has 9 nitrogen and oxygen atoms in total. The SMILES string of the molecule is CC(C)Cn1c(=O)n(C)c(=O)c2c(-c3cccc(OCCO)c3)n(Cc3ccnc4ccccc34)nc21. The Morgan fingerprint density at radius 2 is 1.86 bits per heavy atom. The number of pyridine rings is 1. The van der Waals surface area contributed by atoms with Crippen LogP contribution in [0.15, 0.2) is 70.4 Å². The van der Waals surface area contributed by atoms with E-state index in [1.807, 2.05) is 62.4 Å². The smallest absolute Gasteiger partial charge is 0.332 e. The van der Waals surface area contributed by atoms with E-state index in [0.29, 0.717) is 35.6 Å². The molecule has 37 heavy (non-hydrogen) atoms. The molecule has 0 atom stereocenters. The summed E-state index contributed by atoms with van der Waals surface area (Å²) in [6, 6.07) is 17.2. The highest BCUT2D eigenvalue weighted by atomic mass is 16.5. The first-order valence-corrected chi connectivity index (χ1v) is 12.3. The molecule has 5 aromatic rings. The van der Waals surface area contributed by atoms with Gasteiger partial charge in [-0.2, -0.15) is 5.10 Å². The van der Waals surface area contributed by atoms with Crippen molar-refractivity contribution in [1.29, 1.82) is 0 Å². The van der Waals surface area contributed by atoms with E-state index in [4.69, 9.17) is 9.84 Å². The van der Waals surface area contributed by atoms with Gasteiger partial charge in [0.15, 0.2) is 5.65 Å². The van der Waals surface area contributed by atoms with Crippen LogP contribution in [0.1, 0.15) is 19.4 Å². The molecule has 0 aliphatic carbocycles. The Morgan fingerprint density at radius 1 is 1.05 bits per heavy atom. The zero-order valence-corrected chi connectivity index (χ0v) is 21.1. The molecular formula is C28H29N5O4. The molecule has 3 heterocycles. The first kappa shape index (κ1) is 24.5. The van der Waals surface area contributed by atoms with Crippen molar-refractivity contribution in [3.05, 3.63) is 87.2 Å².